The van der Waals surface area contributed by atoms with Gasteiger partial charge in [-0.05, 0) is 12.8 Å². The number of amides is 1. The Kier molecular flexibility index (Phi) is 3.73. The summed E-state index contributed by atoms with van der Waals surface area (Å²) in [5, 5.41) is 11.4. The first-order valence-electron chi connectivity index (χ1n) is 5.06. The Bertz CT molecular complexity index is 305. The topological polar surface area (TPSA) is 66.4 Å². The van der Waals surface area contributed by atoms with Crippen LogP contribution in [0.3, 0.4) is 0 Å². The summed E-state index contributed by atoms with van der Waals surface area (Å²) in [7, 11) is 0. The predicted molar refractivity (Wildman–Crippen MR) is 54.9 cm³/mol. The van der Waals surface area contributed by atoms with Crippen LogP contribution >= 0.6 is 0 Å². The summed E-state index contributed by atoms with van der Waals surface area (Å²) in [6.07, 6.45) is 6.86. The minimum absolute atomic E-state index is 0.0301. The van der Waals surface area contributed by atoms with Crippen LogP contribution in [-0.2, 0) is 9.59 Å². The molecule has 0 heterocycles. The Morgan fingerprint density at radius 3 is 2.67 bits per heavy atom. The van der Waals surface area contributed by atoms with E-state index in [0.717, 1.165) is 6.42 Å². The molecule has 0 aromatic heterocycles. The number of carboxylic acid groups (broad SMARTS) is 1. The molecule has 0 aromatic rings. The number of nitrogens with one attached hydrogen (secondary N) is 1. The molecular weight excluding hydrogens is 194 g/mol. The van der Waals surface area contributed by atoms with Gasteiger partial charge in [0.05, 0.1) is 11.8 Å². The van der Waals surface area contributed by atoms with E-state index in [1.807, 2.05) is 6.92 Å². The van der Waals surface area contributed by atoms with Crippen LogP contribution in [-0.4, -0.2) is 23.0 Å². The van der Waals surface area contributed by atoms with Crippen molar-refractivity contribution < 1.29 is 14.7 Å². The molecule has 1 saturated carbocycles. The highest BCUT2D eigenvalue weighted by atomic mass is 16.4. The lowest BCUT2D eigenvalue weighted by Crippen LogP contribution is -2.35. The first kappa shape index (κ1) is 11.6. The van der Waals surface area contributed by atoms with Crippen molar-refractivity contribution in [1.29, 1.82) is 0 Å². The number of hydrogen-bond donors (Lipinski definition) is 2. The molecule has 4 nitrogen and oxygen atoms in total. The summed E-state index contributed by atoms with van der Waals surface area (Å²) in [5.74, 6) is 0.576. The average molecular weight is 209 g/mol. The van der Waals surface area contributed by atoms with Crippen LogP contribution in [0.1, 0.15) is 26.2 Å². The van der Waals surface area contributed by atoms with Crippen LogP contribution in [0.25, 0.3) is 0 Å². The Balaban J connectivity index is 2.37. The van der Waals surface area contributed by atoms with E-state index in [2.05, 4.69) is 11.2 Å². The molecule has 1 aliphatic rings. The van der Waals surface area contributed by atoms with E-state index >= 15 is 0 Å². The molecule has 0 aliphatic heterocycles. The van der Waals surface area contributed by atoms with E-state index in [-0.39, 0.29) is 17.9 Å². The maximum atomic E-state index is 11.5. The minimum atomic E-state index is -0.889. The van der Waals surface area contributed by atoms with Crippen molar-refractivity contribution in [3.8, 4) is 12.3 Å². The van der Waals surface area contributed by atoms with Gasteiger partial charge in [-0.25, -0.2) is 0 Å². The largest absolute Gasteiger partial charge is 0.481 e. The molecule has 0 spiro atoms. The third kappa shape index (κ3) is 2.98. The highest BCUT2D eigenvalue weighted by Gasteiger charge is 2.48. The van der Waals surface area contributed by atoms with Gasteiger partial charge in [-0.3, -0.25) is 9.59 Å². The van der Waals surface area contributed by atoms with Crippen molar-refractivity contribution in [2.45, 2.75) is 32.2 Å². The van der Waals surface area contributed by atoms with E-state index < -0.39 is 11.9 Å². The molecule has 1 fully saturated rings. The molecule has 15 heavy (non-hydrogen) atoms. The molecule has 82 valence electrons. The number of carbonyl (C=O) groups is 2. The lowest BCUT2D eigenvalue weighted by atomic mass is 10.1. The molecule has 0 aromatic carbocycles. The van der Waals surface area contributed by atoms with Gasteiger partial charge >= 0.3 is 5.97 Å². The number of aliphatic carboxylic acids is 1. The fraction of sp³-hybridized carbons (Fsp3) is 0.636. The summed E-state index contributed by atoms with van der Waals surface area (Å²) < 4.78 is 0. The second kappa shape index (κ2) is 4.83. The van der Waals surface area contributed by atoms with Gasteiger partial charge in [-0.1, -0.05) is 6.92 Å². The van der Waals surface area contributed by atoms with E-state index in [9.17, 15) is 9.59 Å². The van der Waals surface area contributed by atoms with E-state index in [0.29, 0.717) is 12.8 Å². The molecule has 1 amide bonds. The summed E-state index contributed by atoms with van der Waals surface area (Å²) in [6.45, 7) is 1.93. The molecule has 2 N–H and O–H groups in total. The Morgan fingerprint density at radius 1 is 1.60 bits per heavy atom. The summed E-state index contributed by atoms with van der Waals surface area (Å²) in [5.41, 5.74) is 0. The number of rotatable bonds is 5. The lowest BCUT2D eigenvalue weighted by Gasteiger charge is -2.13. The van der Waals surface area contributed by atoms with Crippen LogP contribution in [0.4, 0.5) is 0 Å². The van der Waals surface area contributed by atoms with Gasteiger partial charge in [0.2, 0.25) is 5.91 Å². The van der Waals surface area contributed by atoms with Crippen molar-refractivity contribution in [1.82, 2.24) is 5.32 Å². The number of carbonyl (C=O) groups excluding carboxylic acids is 1. The molecule has 0 saturated heterocycles. The van der Waals surface area contributed by atoms with Crippen LogP contribution in [0, 0.1) is 24.2 Å². The SMILES string of the molecule is C#CCC(CC)NC(=O)[C@@H]1C[C@@H]1C(=O)O. The summed E-state index contributed by atoms with van der Waals surface area (Å²) in [4.78, 5) is 22.1. The molecular formula is C11H15NO3. The standard InChI is InChI=1S/C11H15NO3/c1-3-5-7(4-2)12-10(13)8-6-9(8)11(14)15/h1,7-9H,4-6H2,2H3,(H,12,13)(H,14,15)/t7?,8-,9+/m1/s1. The molecule has 3 atom stereocenters. The highest BCUT2D eigenvalue weighted by molar-refractivity contribution is 5.89. The maximum absolute atomic E-state index is 11.5. The second-order valence-electron chi connectivity index (χ2n) is 3.81. The molecule has 0 radical (unpaired) electrons. The van der Waals surface area contributed by atoms with E-state index in [4.69, 9.17) is 11.5 Å². The molecule has 1 unspecified atom stereocenters. The number of carboxylic acids is 1. The van der Waals surface area contributed by atoms with Gasteiger partial charge in [-0.2, -0.15) is 0 Å². The van der Waals surface area contributed by atoms with E-state index in [1.54, 1.807) is 0 Å². The summed E-state index contributed by atoms with van der Waals surface area (Å²) >= 11 is 0. The van der Waals surface area contributed by atoms with Gasteiger partial charge in [-0.15, -0.1) is 12.3 Å². The molecule has 1 aliphatic carbocycles. The van der Waals surface area contributed by atoms with Gasteiger partial charge in [0.1, 0.15) is 0 Å². The molecule has 1 rings (SSSR count). The third-order valence-corrected chi connectivity index (χ3v) is 2.65. The zero-order chi connectivity index (χ0) is 11.4. The third-order valence-electron chi connectivity index (χ3n) is 2.65. The lowest BCUT2D eigenvalue weighted by molar-refractivity contribution is -0.140. The van der Waals surface area contributed by atoms with Crippen molar-refractivity contribution in [2.24, 2.45) is 11.8 Å². The second-order valence-corrected chi connectivity index (χ2v) is 3.81. The minimum Gasteiger partial charge on any atom is -0.481 e. The zero-order valence-electron chi connectivity index (χ0n) is 8.69. The zero-order valence-corrected chi connectivity index (χ0v) is 8.69. The van der Waals surface area contributed by atoms with Crippen molar-refractivity contribution in [3.05, 3.63) is 0 Å². The van der Waals surface area contributed by atoms with Gasteiger partial charge in [0.25, 0.3) is 0 Å². The first-order chi connectivity index (χ1) is 7.10. The Labute approximate surface area is 89.0 Å². The number of terminal acetylenes is 1. The Morgan fingerprint density at radius 2 is 2.27 bits per heavy atom. The van der Waals surface area contributed by atoms with E-state index in [1.165, 1.54) is 0 Å². The van der Waals surface area contributed by atoms with Crippen molar-refractivity contribution >= 4 is 11.9 Å². The molecule has 4 heteroatoms. The average Bonchev–Trinajstić information content (AvgIpc) is 2.96. The first-order valence-corrected chi connectivity index (χ1v) is 5.06. The fourth-order valence-corrected chi connectivity index (χ4v) is 1.51. The smallest absolute Gasteiger partial charge is 0.307 e. The molecule has 0 bridgehead atoms. The predicted octanol–water partition coefficient (Wildman–Crippen LogP) is 0.625. The highest BCUT2D eigenvalue weighted by Crippen LogP contribution is 2.38. The van der Waals surface area contributed by atoms with Crippen molar-refractivity contribution in [2.75, 3.05) is 0 Å². The number of hydrogen-bond acceptors (Lipinski definition) is 2. The normalized spacial score (nSPS) is 25.1. The van der Waals surface area contributed by atoms with Crippen LogP contribution in [0.2, 0.25) is 0 Å². The van der Waals surface area contributed by atoms with Crippen LogP contribution < -0.4 is 5.32 Å². The quantitative estimate of drug-likeness (QED) is 0.652. The van der Waals surface area contributed by atoms with Gasteiger partial charge < -0.3 is 10.4 Å². The Hall–Kier alpha value is -1.50. The van der Waals surface area contributed by atoms with Gasteiger partial charge in [0, 0.05) is 12.5 Å². The van der Waals surface area contributed by atoms with Gasteiger partial charge in [0.15, 0.2) is 0 Å². The van der Waals surface area contributed by atoms with Crippen LogP contribution in [0.5, 0.6) is 0 Å². The fourth-order valence-electron chi connectivity index (χ4n) is 1.51. The monoisotopic (exact) mass is 209 g/mol. The summed E-state index contributed by atoms with van der Waals surface area (Å²) in [6, 6.07) is -0.0301. The van der Waals surface area contributed by atoms with Crippen molar-refractivity contribution in [3.63, 3.8) is 0 Å². The van der Waals surface area contributed by atoms with Crippen LogP contribution in [0.15, 0.2) is 0 Å². The maximum Gasteiger partial charge on any atom is 0.307 e.